The fourth-order valence-corrected chi connectivity index (χ4v) is 2.51. The number of fused-ring (bicyclic) bond motifs is 1. The molecule has 0 aliphatic rings. The van der Waals surface area contributed by atoms with Gasteiger partial charge in [-0.25, -0.2) is 8.78 Å². The van der Waals surface area contributed by atoms with Crippen LogP contribution in [0.4, 0.5) is 14.5 Å². The maximum Gasteiger partial charge on any atom is 0.244 e. The monoisotopic (exact) mass is 328 g/mol. The summed E-state index contributed by atoms with van der Waals surface area (Å²) in [6.07, 6.45) is 1.48. The molecule has 0 atom stereocenters. The van der Waals surface area contributed by atoms with E-state index >= 15 is 0 Å². The summed E-state index contributed by atoms with van der Waals surface area (Å²) < 4.78 is 28.8. The number of carbonyl (C=O) groups is 1. The number of para-hydroxylation sites is 1. The summed E-state index contributed by atoms with van der Waals surface area (Å²) in [6.45, 7) is 1.69. The molecule has 4 nitrogen and oxygen atoms in total. The summed E-state index contributed by atoms with van der Waals surface area (Å²) in [4.78, 5) is 24.1. The summed E-state index contributed by atoms with van der Waals surface area (Å²) in [7, 11) is 0. The van der Waals surface area contributed by atoms with Crippen molar-refractivity contribution in [3.63, 3.8) is 0 Å². The van der Waals surface area contributed by atoms with Gasteiger partial charge >= 0.3 is 0 Å². The van der Waals surface area contributed by atoms with Crippen LogP contribution in [0.1, 0.15) is 5.56 Å². The molecule has 2 aromatic carbocycles. The smallest absolute Gasteiger partial charge is 0.244 e. The second-order valence-electron chi connectivity index (χ2n) is 5.47. The van der Waals surface area contributed by atoms with Crippen molar-refractivity contribution in [2.75, 3.05) is 5.32 Å². The van der Waals surface area contributed by atoms with Crippen molar-refractivity contribution in [3.8, 4) is 0 Å². The SMILES string of the molecule is Cc1ccc2c(c1)c(=O)ccn2CC(=O)Nc1c(F)cccc1F. The summed E-state index contributed by atoms with van der Waals surface area (Å²) in [6, 6.07) is 10.0. The van der Waals surface area contributed by atoms with Crippen LogP contribution in [0.5, 0.6) is 0 Å². The van der Waals surface area contributed by atoms with Crippen molar-refractivity contribution >= 4 is 22.5 Å². The Morgan fingerprint density at radius 2 is 1.83 bits per heavy atom. The van der Waals surface area contributed by atoms with E-state index < -0.39 is 23.2 Å². The zero-order chi connectivity index (χ0) is 17.3. The summed E-state index contributed by atoms with van der Waals surface area (Å²) in [5.74, 6) is -2.28. The number of aryl methyl sites for hydroxylation is 1. The number of nitrogens with one attached hydrogen (secondary N) is 1. The Hall–Kier alpha value is -3.02. The van der Waals surface area contributed by atoms with Crippen molar-refractivity contribution in [1.82, 2.24) is 4.57 Å². The number of pyridine rings is 1. The Bertz CT molecular complexity index is 976. The van der Waals surface area contributed by atoms with Crippen LogP contribution in [0.15, 0.2) is 53.5 Å². The lowest BCUT2D eigenvalue weighted by Gasteiger charge is -2.12. The van der Waals surface area contributed by atoms with Crippen LogP contribution in [0.3, 0.4) is 0 Å². The largest absolute Gasteiger partial charge is 0.338 e. The van der Waals surface area contributed by atoms with Crippen molar-refractivity contribution in [1.29, 1.82) is 0 Å². The van der Waals surface area contributed by atoms with E-state index in [2.05, 4.69) is 5.32 Å². The van der Waals surface area contributed by atoms with E-state index in [0.717, 1.165) is 17.7 Å². The molecule has 0 aliphatic carbocycles. The fourth-order valence-electron chi connectivity index (χ4n) is 2.51. The first-order valence-corrected chi connectivity index (χ1v) is 7.29. The van der Waals surface area contributed by atoms with Gasteiger partial charge in [-0.2, -0.15) is 0 Å². The number of anilines is 1. The minimum Gasteiger partial charge on any atom is -0.338 e. The molecule has 6 heteroatoms. The summed E-state index contributed by atoms with van der Waals surface area (Å²) in [5, 5.41) is 2.72. The first-order valence-electron chi connectivity index (χ1n) is 7.29. The molecule has 1 aromatic heterocycles. The third kappa shape index (κ3) is 3.03. The highest BCUT2D eigenvalue weighted by atomic mass is 19.1. The van der Waals surface area contributed by atoms with Crippen molar-refractivity contribution in [2.45, 2.75) is 13.5 Å². The first-order chi connectivity index (χ1) is 11.5. The lowest BCUT2D eigenvalue weighted by atomic mass is 10.1. The van der Waals surface area contributed by atoms with E-state index in [9.17, 15) is 18.4 Å². The average Bonchev–Trinajstić information content (AvgIpc) is 2.54. The number of carbonyl (C=O) groups excluding carboxylic acids is 1. The minimum absolute atomic E-state index is 0.148. The summed E-state index contributed by atoms with van der Waals surface area (Å²) in [5.41, 5.74) is 0.877. The van der Waals surface area contributed by atoms with Gasteiger partial charge in [-0.3, -0.25) is 9.59 Å². The van der Waals surface area contributed by atoms with Gasteiger partial charge in [0.05, 0.1) is 5.52 Å². The van der Waals surface area contributed by atoms with E-state index in [1.54, 1.807) is 16.7 Å². The van der Waals surface area contributed by atoms with Crippen LogP contribution < -0.4 is 10.7 Å². The number of benzene rings is 2. The zero-order valence-electron chi connectivity index (χ0n) is 12.8. The molecule has 1 amide bonds. The molecule has 0 bridgehead atoms. The number of rotatable bonds is 3. The normalized spacial score (nSPS) is 10.8. The minimum atomic E-state index is -0.844. The molecule has 1 heterocycles. The second-order valence-corrected chi connectivity index (χ2v) is 5.47. The van der Waals surface area contributed by atoms with Gasteiger partial charge in [-0.05, 0) is 31.2 Å². The predicted octanol–water partition coefficient (Wildman–Crippen LogP) is 3.23. The van der Waals surface area contributed by atoms with Gasteiger partial charge in [-0.15, -0.1) is 0 Å². The van der Waals surface area contributed by atoms with Crippen molar-refractivity contribution in [2.24, 2.45) is 0 Å². The van der Waals surface area contributed by atoms with E-state index in [-0.39, 0.29) is 12.0 Å². The topological polar surface area (TPSA) is 51.1 Å². The third-order valence-electron chi connectivity index (χ3n) is 3.67. The van der Waals surface area contributed by atoms with Gasteiger partial charge in [0.2, 0.25) is 5.91 Å². The molecular weight excluding hydrogens is 314 g/mol. The Morgan fingerprint density at radius 3 is 2.54 bits per heavy atom. The molecule has 3 rings (SSSR count). The van der Waals surface area contributed by atoms with E-state index in [1.165, 1.54) is 18.3 Å². The average molecular weight is 328 g/mol. The predicted molar refractivity (Wildman–Crippen MR) is 87.9 cm³/mol. The molecule has 0 radical (unpaired) electrons. The standard InChI is InChI=1S/C18H14F2N2O2/c1-11-5-6-15-12(9-11)16(23)7-8-22(15)10-17(24)21-18-13(19)3-2-4-14(18)20/h2-9H,10H2,1H3,(H,21,24). The van der Waals surface area contributed by atoms with Gasteiger partial charge in [-0.1, -0.05) is 17.7 Å². The van der Waals surface area contributed by atoms with Crippen LogP contribution in [-0.4, -0.2) is 10.5 Å². The zero-order valence-corrected chi connectivity index (χ0v) is 12.8. The Labute approximate surface area is 136 Å². The van der Waals surface area contributed by atoms with Gasteiger partial charge in [0.15, 0.2) is 5.43 Å². The molecule has 122 valence electrons. The fraction of sp³-hybridized carbons (Fsp3) is 0.111. The van der Waals surface area contributed by atoms with Crippen LogP contribution >= 0.6 is 0 Å². The molecule has 0 unspecified atom stereocenters. The highest BCUT2D eigenvalue weighted by Crippen LogP contribution is 2.18. The first kappa shape index (κ1) is 15.9. The number of hydrogen-bond donors (Lipinski definition) is 1. The van der Waals surface area contributed by atoms with Crippen molar-refractivity contribution in [3.05, 3.63) is 76.1 Å². The van der Waals surface area contributed by atoms with E-state index in [4.69, 9.17) is 0 Å². The van der Waals surface area contributed by atoms with Gasteiger partial charge < -0.3 is 9.88 Å². The molecule has 0 aliphatic heterocycles. The molecule has 24 heavy (non-hydrogen) atoms. The van der Waals surface area contributed by atoms with E-state index in [0.29, 0.717) is 10.9 Å². The molecule has 0 saturated carbocycles. The highest BCUT2D eigenvalue weighted by Gasteiger charge is 2.13. The van der Waals surface area contributed by atoms with Crippen LogP contribution in [0.25, 0.3) is 10.9 Å². The molecule has 1 N–H and O–H groups in total. The number of nitrogens with zero attached hydrogens (tertiary/aromatic N) is 1. The quantitative estimate of drug-likeness (QED) is 0.802. The van der Waals surface area contributed by atoms with E-state index in [1.807, 2.05) is 13.0 Å². The molecular formula is C18H14F2N2O2. The maximum absolute atomic E-state index is 13.6. The van der Waals surface area contributed by atoms with Gasteiger partial charge in [0, 0.05) is 17.6 Å². The van der Waals surface area contributed by atoms with Crippen LogP contribution in [0.2, 0.25) is 0 Å². The van der Waals surface area contributed by atoms with Gasteiger partial charge in [0.1, 0.15) is 23.9 Å². The lowest BCUT2D eigenvalue weighted by molar-refractivity contribution is -0.116. The molecule has 0 spiro atoms. The lowest BCUT2D eigenvalue weighted by Crippen LogP contribution is -2.21. The number of hydrogen-bond acceptors (Lipinski definition) is 2. The van der Waals surface area contributed by atoms with Crippen LogP contribution in [-0.2, 0) is 11.3 Å². The number of aromatic nitrogens is 1. The maximum atomic E-state index is 13.6. The molecule has 0 saturated heterocycles. The highest BCUT2D eigenvalue weighted by molar-refractivity contribution is 5.92. The third-order valence-corrected chi connectivity index (χ3v) is 3.67. The van der Waals surface area contributed by atoms with Crippen LogP contribution in [0, 0.1) is 18.6 Å². The number of halogens is 2. The van der Waals surface area contributed by atoms with Crippen molar-refractivity contribution < 1.29 is 13.6 Å². The molecule has 3 aromatic rings. The Balaban J connectivity index is 1.91. The summed E-state index contributed by atoms with van der Waals surface area (Å²) >= 11 is 0. The Kier molecular flexibility index (Phi) is 4.12. The Morgan fingerprint density at radius 1 is 1.12 bits per heavy atom. The number of amides is 1. The molecule has 0 fully saturated rings. The van der Waals surface area contributed by atoms with Gasteiger partial charge in [0.25, 0.3) is 0 Å². The second kappa shape index (κ2) is 6.23.